The number of carbonyl (C=O) groups is 1. The predicted molar refractivity (Wildman–Crippen MR) is 95.6 cm³/mol. The zero-order valence-electron chi connectivity index (χ0n) is 15.5. The van der Waals surface area contributed by atoms with Gasteiger partial charge < -0.3 is 19.3 Å². The summed E-state index contributed by atoms with van der Waals surface area (Å²) in [7, 11) is 1.45. The van der Waals surface area contributed by atoms with Gasteiger partial charge in [-0.15, -0.1) is 0 Å². The zero-order valence-corrected chi connectivity index (χ0v) is 15.5. The van der Waals surface area contributed by atoms with Crippen LogP contribution in [0.25, 0.3) is 0 Å². The van der Waals surface area contributed by atoms with E-state index in [9.17, 15) is 23.1 Å². The predicted octanol–water partition coefficient (Wildman–Crippen LogP) is 3.87. The van der Waals surface area contributed by atoms with Gasteiger partial charge in [-0.2, -0.15) is 13.2 Å². The minimum atomic E-state index is -4.43. The molecule has 0 radical (unpaired) electrons. The molecule has 1 atom stereocenters. The molecule has 2 aromatic carbocycles. The fourth-order valence-electron chi connectivity index (χ4n) is 2.43. The van der Waals surface area contributed by atoms with Gasteiger partial charge in [-0.3, -0.25) is 4.79 Å². The molecule has 0 bridgehead atoms. The topological polar surface area (TPSA) is 65.0 Å². The van der Waals surface area contributed by atoms with Crippen molar-refractivity contribution in [3.63, 3.8) is 0 Å². The maximum Gasteiger partial charge on any atom is 0.416 e. The first-order valence-electron chi connectivity index (χ1n) is 8.44. The second kappa shape index (κ2) is 9.57. The van der Waals surface area contributed by atoms with Crippen LogP contribution in [0.4, 0.5) is 13.2 Å². The van der Waals surface area contributed by atoms with Crippen LogP contribution < -0.4 is 9.47 Å². The number of alkyl halides is 3. The molecule has 0 aromatic heterocycles. The van der Waals surface area contributed by atoms with Crippen LogP contribution in [0.15, 0.2) is 42.5 Å². The molecule has 1 N–H and O–H groups in total. The minimum absolute atomic E-state index is 0.0570. The minimum Gasteiger partial charge on any atom is -0.490 e. The molecule has 0 aliphatic rings. The Balaban J connectivity index is 2.08. The Hall–Kier alpha value is -2.58. The summed E-state index contributed by atoms with van der Waals surface area (Å²) in [6.45, 7) is 1.30. The largest absolute Gasteiger partial charge is 0.490 e. The first kappa shape index (κ1) is 21.7. The van der Waals surface area contributed by atoms with E-state index in [-0.39, 0.29) is 36.9 Å². The summed E-state index contributed by atoms with van der Waals surface area (Å²) < 4.78 is 54.1. The normalized spacial score (nSPS) is 12.5. The molecule has 5 nitrogen and oxygen atoms in total. The third-order valence-corrected chi connectivity index (χ3v) is 3.78. The van der Waals surface area contributed by atoms with Crippen LogP contribution in [-0.4, -0.2) is 37.3 Å². The number of halogens is 3. The van der Waals surface area contributed by atoms with Crippen molar-refractivity contribution >= 4 is 5.78 Å². The van der Waals surface area contributed by atoms with Gasteiger partial charge in [-0.05, 0) is 42.8 Å². The second-order valence-corrected chi connectivity index (χ2v) is 6.12. The summed E-state index contributed by atoms with van der Waals surface area (Å²) >= 11 is 0. The van der Waals surface area contributed by atoms with Gasteiger partial charge in [0.2, 0.25) is 0 Å². The van der Waals surface area contributed by atoms with Crippen molar-refractivity contribution in [1.82, 2.24) is 0 Å². The first-order chi connectivity index (χ1) is 13.2. The number of aliphatic hydroxyl groups is 1. The van der Waals surface area contributed by atoms with E-state index in [1.54, 1.807) is 0 Å². The van der Waals surface area contributed by atoms with Gasteiger partial charge in [0.15, 0.2) is 5.78 Å². The number of ether oxygens (including phenoxy) is 3. The molecule has 152 valence electrons. The Kier molecular flexibility index (Phi) is 7.42. The summed E-state index contributed by atoms with van der Waals surface area (Å²) in [6.07, 6.45) is -5.27. The van der Waals surface area contributed by atoms with Gasteiger partial charge in [0, 0.05) is 7.11 Å². The van der Waals surface area contributed by atoms with Gasteiger partial charge in [-0.1, -0.05) is 12.1 Å². The number of hydrogen-bond acceptors (Lipinski definition) is 5. The molecule has 0 spiro atoms. The van der Waals surface area contributed by atoms with E-state index in [1.807, 2.05) is 0 Å². The summed E-state index contributed by atoms with van der Waals surface area (Å²) in [4.78, 5) is 11.9. The molecule has 0 saturated heterocycles. The number of benzene rings is 2. The van der Waals surface area contributed by atoms with E-state index in [1.165, 1.54) is 44.4 Å². The van der Waals surface area contributed by atoms with Gasteiger partial charge in [0.25, 0.3) is 0 Å². The van der Waals surface area contributed by atoms with Crippen molar-refractivity contribution < 1.29 is 37.3 Å². The maximum atomic E-state index is 12.8. The fraction of sp³-hybridized carbons (Fsp3) is 0.350. The van der Waals surface area contributed by atoms with Gasteiger partial charge in [-0.25, -0.2) is 0 Å². The highest BCUT2D eigenvalue weighted by molar-refractivity contribution is 5.97. The Labute approximate surface area is 160 Å². The number of ketones is 1. The lowest BCUT2D eigenvalue weighted by Gasteiger charge is -2.15. The van der Waals surface area contributed by atoms with Crippen molar-refractivity contribution in [2.24, 2.45) is 0 Å². The Bertz CT molecular complexity index is 805. The highest BCUT2D eigenvalue weighted by atomic mass is 19.4. The molecular formula is C20H21F3O5. The monoisotopic (exact) mass is 398 g/mol. The van der Waals surface area contributed by atoms with Gasteiger partial charge in [0.1, 0.15) is 30.8 Å². The van der Waals surface area contributed by atoms with E-state index in [0.29, 0.717) is 11.3 Å². The summed E-state index contributed by atoms with van der Waals surface area (Å²) in [5.74, 6) is 0.308. The van der Waals surface area contributed by atoms with E-state index >= 15 is 0 Å². The van der Waals surface area contributed by atoms with Crippen LogP contribution in [0.1, 0.15) is 28.4 Å². The molecule has 0 aliphatic heterocycles. The Morgan fingerprint density at radius 2 is 1.86 bits per heavy atom. The molecule has 28 heavy (non-hydrogen) atoms. The van der Waals surface area contributed by atoms with Crippen LogP contribution in [0, 0.1) is 0 Å². The molecule has 2 aromatic rings. The smallest absolute Gasteiger partial charge is 0.416 e. The number of Topliss-reactive ketones (excluding diaryl/α,β-unsaturated/α-hetero) is 1. The number of methoxy groups -OCH3 is 1. The van der Waals surface area contributed by atoms with Gasteiger partial charge in [0.05, 0.1) is 17.7 Å². The average Bonchev–Trinajstić information content (AvgIpc) is 2.64. The molecule has 0 amide bonds. The van der Waals surface area contributed by atoms with E-state index < -0.39 is 17.8 Å². The highest BCUT2D eigenvalue weighted by Crippen LogP contribution is 2.30. The van der Waals surface area contributed by atoms with E-state index in [2.05, 4.69) is 0 Å². The summed E-state index contributed by atoms with van der Waals surface area (Å²) in [6, 6.07) is 9.34. The average molecular weight is 398 g/mol. The van der Waals surface area contributed by atoms with Crippen LogP contribution >= 0.6 is 0 Å². The SMILES string of the molecule is COC[C@H](O)COc1ccc(OCc2cccc(C(F)(F)F)c2)cc1C(C)=O. The fourth-order valence-corrected chi connectivity index (χ4v) is 2.43. The van der Waals surface area contributed by atoms with E-state index in [4.69, 9.17) is 14.2 Å². The lowest BCUT2D eigenvalue weighted by molar-refractivity contribution is -0.137. The number of carbonyl (C=O) groups excluding carboxylic acids is 1. The van der Waals surface area contributed by atoms with Crippen molar-refractivity contribution in [1.29, 1.82) is 0 Å². The second-order valence-electron chi connectivity index (χ2n) is 6.12. The summed E-state index contributed by atoms with van der Waals surface area (Å²) in [5.41, 5.74) is -0.162. The lowest BCUT2D eigenvalue weighted by atomic mass is 10.1. The number of hydrogen-bond donors (Lipinski definition) is 1. The maximum absolute atomic E-state index is 12.8. The van der Waals surface area contributed by atoms with Crippen LogP contribution in [0.3, 0.4) is 0 Å². The van der Waals surface area contributed by atoms with Crippen LogP contribution in [-0.2, 0) is 17.5 Å². The number of rotatable bonds is 9. The molecule has 8 heteroatoms. The molecular weight excluding hydrogens is 377 g/mol. The van der Waals surface area contributed by atoms with E-state index in [0.717, 1.165) is 12.1 Å². The third kappa shape index (κ3) is 6.24. The first-order valence-corrected chi connectivity index (χ1v) is 8.44. The molecule has 0 fully saturated rings. The Morgan fingerprint density at radius 3 is 2.50 bits per heavy atom. The molecule has 0 aliphatic carbocycles. The van der Waals surface area contributed by atoms with Crippen molar-refractivity contribution in [3.05, 3.63) is 59.2 Å². The molecule has 0 unspecified atom stereocenters. The molecule has 0 heterocycles. The Morgan fingerprint density at radius 1 is 1.11 bits per heavy atom. The summed E-state index contributed by atoms with van der Waals surface area (Å²) in [5, 5.41) is 9.64. The van der Waals surface area contributed by atoms with Crippen molar-refractivity contribution in [2.75, 3.05) is 20.3 Å². The zero-order chi connectivity index (χ0) is 20.7. The standard InChI is InChI=1S/C20H21F3O5/c1-13(24)18-9-17(6-7-19(18)28-12-16(25)11-26-2)27-10-14-4-3-5-15(8-14)20(21,22)23/h3-9,16,25H,10-12H2,1-2H3/t16-/m0/s1. The van der Waals surface area contributed by atoms with Crippen LogP contribution in [0.5, 0.6) is 11.5 Å². The molecule has 2 rings (SSSR count). The number of aliphatic hydroxyl groups excluding tert-OH is 1. The molecule has 0 saturated carbocycles. The lowest BCUT2D eigenvalue weighted by Crippen LogP contribution is -2.23. The quantitative estimate of drug-likeness (QED) is 0.650. The van der Waals surface area contributed by atoms with Crippen molar-refractivity contribution in [2.45, 2.75) is 25.8 Å². The van der Waals surface area contributed by atoms with Crippen molar-refractivity contribution in [3.8, 4) is 11.5 Å². The van der Waals surface area contributed by atoms with Gasteiger partial charge >= 0.3 is 6.18 Å². The highest BCUT2D eigenvalue weighted by Gasteiger charge is 2.30. The van der Waals surface area contributed by atoms with Crippen LogP contribution in [0.2, 0.25) is 0 Å². The third-order valence-electron chi connectivity index (χ3n) is 3.78.